The van der Waals surface area contributed by atoms with Crippen LogP contribution in [0.1, 0.15) is 132 Å². The van der Waals surface area contributed by atoms with Crippen molar-refractivity contribution in [1.29, 1.82) is 0 Å². The van der Waals surface area contributed by atoms with E-state index in [1.54, 1.807) is 0 Å². The first-order valence-electron chi connectivity index (χ1n) is 17.3. The van der Waals surface area contributed by atoms with Gasteiger partial charge >= 0.3 is 0 Å². The minimum absolute atomic E-state index is 0.00532. The summed E-state index contributed by atoms with van der Waals surface area (Å²) >= 11 is 6.66. The lowest BCUT2D eigenvalue weighted by atomic mass is 10.0. The van der Waals surface area contributed by atoms with E-state index in [4.69, 9.17) is 16.3 Å². The van der Waals surface area contributed by atoms with Crippen molar-refractivity contribution in [2.45, 2.75) is 130 Å². The average molecular weight is 620 g/mol. The SMILES string of the molecule is CCCCCCCCCCCCCCCCOc1ccc(CN(Cc2ccc[n+](CCC)c2)C(=O)c2ccccc2)cc1Cl. The smallest absolute Gasteiger partial charge is 0.254 e. The maximum atomic E-state index is 13.5. The highest BCUT2D eigenvalue weighted by Crippen LogP contribution is 2.27. The lowest BCUT2D eigenvalue weighted by Gasteiger charge is -2.23. The average Bonchev–Trinajstić information content (AvgIpc) is 3.04. The number of hydrogen-bond donors (Lipinski definition) is 0. The molecule has 0 N–H and O–H groups in total. The van der Waals surface area contributed by atoms with Crippen molar-refractivity contribution in [2.24, 2.45) is 0 Å². The van der Waals surface area contributed by atoms with E-state index in [1.165, 1.54) is 83.5 Å². The Kier molecular flexibility index (Phi) is 17.6. The van der Waals surface area contributed by atoms with Crippen molar-refractivity contribution in [3.05, 3.63) is 94.8 Å². The first kappa shape index (κ1) is 35.6. The predicted octanol–water partition coefficient (Wildman–Crippen LogP) is 10.7. The molecule has 1 amide bonds. The Balaban J connectivity index is 1.41. The number of carbonyl (C=O) groups excluding carboxylic acids is 1. The summed E-state index contributed by atoms with van der Waals surface area (Å²) in [7, 11) is 0. The van der Waals surface area contributed by atoms with Crippen molar-refractivity contribution in [1.82, 2.24) is 4.90 Å². The number of pyridine rings is 1. The molecular formula is C39H56ClN2O2+. The van der Waals surface area contributed by atoms with Gasteiger partial charge in [0.1, 0.15) is 12.3 Å². The van der Waals surface area contributed by atoms with Gasteiger partial charge in [-0.15, -0.1) is 0 Å². The monoisotopic (exact) mass is 619 g/mol. The molecule has 0 saturated heterocycles. The molecular weight excluding hydrogens is 564 g/mol. The minimum Gasteiger partial charge on any atom is -0.492 e. The predicted molar refractivity (Wildman–Crippen MR) is 184 cm³/mol. The second-order valence-electron chi connectivity index (χ2n) is 12.2. The van der Waals surface area contributed by atoms with Crippen LogP contribution in [0.15, 0.2) is 73.1 Å². The molecule has 1 heterocycles. The lowest BCUT2D eigenvalue weighted by molar-refractivity contribution is -0.697. The summed E-state index contributed by atoms with van der Waals surface area (Å²) in [6.45, 7) is 7.08. The Hall–Kier alpha value is -2.85. The Bertz CT molecular complexity index is 1200. The number of unbranched alkanes of at least 4 members (excludes halogenated alkanes) is 13. The second kappa shape index (κ2) is 21.8. The van der Waals surface area contributed by atoms with Crippen LogP contribution in [0.2, 0.25) is 5.02 Å². The van der Waals surface area contributed by atoms with Gasteiger partial charge in [-0.05, 0) is 42.3 Å². The fourth-order valence-electron chi connectivity index (χ4n) is 5.71. The molecule has 0 aliphatic rings. The molecule has 0 radical (unpaired) electrons. The molecule has 44 heavy (non-hydrogen) atoms. The van der Waals surface area contributed by atoms with E-state index >= 15 is 0 Å². The van der Waals surface area contributed by atoms with E-state index < -0.39 is 0 Å². The third kappa shape index (κ3) is 13.8. The number of aryl methyl sites for hydroxylation is 1. The summed E-state index contributed by atoms with van der Waals surface area (Å²) in [5.41, 5.74) is 2.77. The summed E-state index contributed by atoms with van der Waals surface area (Å²) in [5, 5.41) is 0.598. The van der Waals surface area contributed by atoms with E-state index in [0.717, 1.165) is 36.3 Å². The van der Waals surface area contributed by atoms with E-state index in [9.17, 15) is 4.79 Å². The van der Waals surface area contributed by atoms with Gasteiger partial charge < -0.3 is 9.64 Å². The van der Waals surface area contributed by atoms with Gasteiger partial charge in [0.2, 0.25) is 0 Å². The highest BCUT2D eigenvalue weighted by Gasteiger charge is 2.18. The Labute approximate surface area is 272 Å². The number of nitrogens with zero attached hydrogens (tertiary/aromatic N) is 2. The van der Waals surface area contributed by atoms with Crippen LogP contribution in [-0.4, -0.2) is 17.4 Å². The van der Waals surface area contributed by atoms with Crippen LogP contribution in [0.3, 0.4) is 0 Å². The fraction of sp³-hybridized carbons (Fsp3) is 0.538. The molecule has 5 heteroatoms. The number of ether oxygens (including phenoxy) is 1. The van der Waals surface area contributed by atoms with Crippen molar-refractivity contribution >= 4 is 17.5 Å². The van der Waals surface area contributed by atoms with Crippen LogP contribution in [0.25, 0.3) is 0 Å². The number of rotatable bonds is 23. The van der Waals surface area contributed by atoms with Crippen LogP contribution in [-0.2, 0) is 19.6 Å². The molecule has 0 fully saturated rings. The Morgan fingerprint density at radius 1 is 0.705 bits per heavy atom. The summed E-state index contributed by atoms with van der Waals surface area (Å²) < 4.78 is 8.22. The van der Waals surface area contributed by atoms with Gasteiger partial charge in [0.25, 0.3) is 5.91 Å². The van der Waals surface area contributed by atoms with Gasteiger partial charge in [-0.2, -0.15) is 0 Å². The largest absolute Gasteiger partial charge is 0.492 e. The standard InChI is InChI=1S/C39H56ClN2O2/c1-3-5-6-7-8-9-10-11-12-13-14-15-16-20-29-44-38-26-25-34(30-37(38)40)32-42(39(43)36-23-18-17-19-24-36)33-35-22-21-28-41(31-35)27-4-2/h17-19,21-26,28,30-31H,3-16,20,27,29,32-33H2,1-2H3/q+1. The first-order valence-corrected chi connectivity index (χ1v) is 17.7. The third-order valence-corrected chi connectivity index (χ3v) is 8.50. The zero-order chi connectivity index (χ0) is 31.2. The molecule has 1 aromatic heterocycles. The molecule has 0 saturated carbocycles. The molecule has 240 valence electrons. The molecule has 3 rings (SSSR count). The number of halogens is 1. The summed E-state index contributed by atoms with van der Waals surface area (Å²) in [4.78, 5) is 15.4. The van der Waals surface area contributed by atoms with Crippen LogP contribution >= 0.6 is 11.6 Å². The van der Waals surface area contributed by atoms with E-state index in [2.05, 4.69) is 42.9 Å². The second-order valence-corrected chi connectivity index (χ2v) is 12.6. The topological polar surface area (TPSA) is 33.4 Å². The maximum Gasteiger partial charge on any atom is 0.254 e. The number of aromatic nitrogens is 1. The first-order chi connectivity index (χ1) is 21.6. The van der Waals surface area contributed by atoms with Gasteiger partial charge in [-0.25, -0.2) is 4.57 Å². The number of amides is 1. The summed E-state index contributed by atoms with van der Waals surface area (Å²) in [6.07, 6.45) is 24.1. The zero-order valence-corrected chi connectivity index (χ0v) is 28.2. The van der Waals surface area contributed by atoms with E-state index in [-0.39, 0.29) is 5.91 Å². The van der Waals surface area contributed by atoms with Gasteiger partial charge in [-0.3, -0.25) is 4.79 Å². The van der Waals surface area contributed by atoms with Gasteiger partial charge in [0, 0.05) is 30.2 Å². The van der Waals surface area contributed by atoms with E-state index in [1.807, 2.05) is 53.4 Å². The molecule has 3 aromatic rings. The fourth-order valence-corrected chi connectivity index (χ4v) is 5.97. The zero-order valence-electron chi connectivity index (χ0n) is 27.5. The van der Waals surface area contributed by atoms with Gasteiger partial charge in [0.15, 0.2) is 12.4 Å². The highest BCUT2D eigenvalue weighted by atomic mass is 35.5. The molecule has 4 nitrogen and oxygen atoms in total. The maximum absolute atomic E-state index is 13.5. The Morgan fingerprint density at radius 3 is 1.93 bits per heavy atom. The number of hydrogen-bond acceptors (Lipinski definition) is 2. The van der Waals surface area contributed by atoms with Gasteiger partial charge in [-0.1, -0.05) is 133 Å². The van der Waals surface area contributed by atoms with Crippen molar-refractivity contribution in [2.75, 3.05) is 6.61 Å². The van der Waals surface area contributed by atoms with Crippen LogP contribution in [0.5, 0.6) is 5.75 Å². The molecule has 0 aliphatic carbocycles. The summed E-state index contributed by atoms with van der Waals surface area (Å²) in [6, 6.07) is 19.5. The highest BCUT2D eigenvalue weighted by molar-refractivity contribution is 6.32. The number of benzene rings is 2. The molecule has 0 spiro atoms. The van der Waals surface area contributed by atoms with Crippen LogP contribution < -0.4 is 9.30 Å². The van der Waals surface area contributed by atoms with Crippen molar-refractivity contribution in [3.63, 3.8) is 0 Å². The van der Waals surface area contributed by atoms with Gasteiger partial charge in [0.05, 0.1) is 18.2 Å². The van der Waals surface area contributed by atoms with Crippen LogP contribution in [0.4, 0.5) is 0 Å². The Morgan fingerprint density at radius 2 is 1.32 bits per heavy atom. The van der Waals surface area contributed by atoms with Crippen molar-refractivity contribution in [3.8, 4) is 5.75 Å². The molecule has 0 bridgehead atoms. The minimum atomic E-state index is 0.00532. The van der Waals surface area contributed by atoms with E-state index in [0.29, 0.717) is 30.3 Å². The molecule has 2 aromatic carbocycles. The quantitative estimate of drug-likeness (QED) is 0.0781. The number of carbonyl (C=O) groups is 1. The summed E-state index contributed by atoms with van der Waals surface area (Å²) in [5.74, 6) is 0.723. The molecule has 0 atom stereocenters. The third-order valence-electron chi connectivity index (χ3n) is 8.21. The van der Waals surface area contributed by atoms with Crippen molar-refractivity contribution < 1.29 is 14.1 Å². The molecule has 0 aliphatic heterocycles. The normalized spacial score (nSPS) is 11.1. The molecule has 0 unspecified atom stereocenters. The lowest BCUT2D eigenvalue weighted by Crippen LogP contribution is -2.35. The van der Waals surface area contributed by atoms with Crippen LogP contribution in [0, 0.1) is 0 Å².